The number of morpholine rings is 1. The van der Waals surface area contributed by atoms with Gasteiger partial charge in [-0.05, 0) is 74.1 Å². The quantitative estimate of drug-likeness (QED) is 0.557. The van der Waals surface area contributed by atoms with Crippen LogP contribution in [-0.4, -0.2) is 52.2 Å². The van der Waals surface area contributed by atoms with Crippen LogP contribution in [0.5, 0.6) is 0 Å². The van der Waals surface area contributed by atoms with Gasteiger partial charge in [0, 0.05) is 18.8 Å². The first kappa shape index (κ1) is 22.0. The van der Waals surface area contributed by atoms with E-state index in [0.29, 0.717) is 18.4 Å². The highest BCUT2D eigenvalue weighted by Crippen LogP contribution is 2.31. The number of carbonyl (C=O) groups is 1. The molecule has 5 rings (SSSR count). The summed E-state index contributed by atoms with van der Waals surface area (Å²) < 4.78 is 7.57. The molecule has 1 atom stereocenters. The SMILES string of the molecule is Cc1cccc(-n2c(SC(C)C(=O)Nc3ccc4c(c3)CCC4)nnc2N2CCOCC2)c1. The van der Waals surface area contributed by atoms with Gasteiger partial charge in [0.2, 0.25) is 11.9 Å². The lowest BCUT2D eigenvalue weighted by molar-refractivity contribution is -0.115. The number of thioether (sulfide) groups is 1. The maximum Gasteiger partial charge on any atom is 0.237 e. The molecule has 33 heavy (non-hydrogen) atoms. The molecular weight excluding hydrogens is 434 g/mol. The zero-order valence-corrected chi connectivity index (χ0v) is 19.9. The Morgan fingerprint density at radius 1 is 1.09 bits per heavy atom. The molecule has 2 heterocycles. The second-order valence-electron chi connectivity index (χ2n) is 8.64. The van der Waals surface area contributed by atoms with Crippen molar-refractivity contribution >= 4 is 29.3 Å². The van der Waals surface area contributed by atoms with Crippen molar-refractivity contribution in [2.24, 2.45) is 0 Å². The van der Waals surface area contributed by atoms with Crippen molar-refractivity contribution in [2.75, 3.05) is 36.5 Å². The fraction of sp³-hybridized carbons (Fsp3) is 0.400. The summed E-state index contributed by atoms with van der Waals surface area (Å²) >= 11 is 1.43. The van der Waals surface area contributed by atoms with Crippen molar-refractivity contribution in [2.45, 2.75) is 43.5 Å². The van der Waals surface area contributed by atoms with Crippen molar-refractivity contribution < 1.29 is 9.53 Å². The van der Waals surface area contributed by atoms with Crippen molar-refractivity contribution in [3.63, 3.8) is 0 Å². The predicted molar refractivity (Wildman–Crippen MR) is 132 cm³/mol. The number of aryl methyl sites for hydroxylation is 3. The number of rotatable bonds is 6. The van der Waals surface area contributed by atoms with Gasteiger partial charge in [0.15, 0.2) is 5.16 Å². The first-order valence-electron chi connectivity index (χ1n) is 11.5. The second kappa shape index (κ2) is 9.57. The van der Waals surface area contributed by atoms with Crippen molar-refractivity contribution in [3.05, 3.63) is 59.2 Å². The molecule has 1 amide bonds. The van der Waals surface area contributed by atoms with Crippen LogP contribution in [0.4, 0.5) is 11.6 Å². The summed E-state index contributed by atoms with van der Waals surface area (Å²) in [4.78, 5) is 15.2. The molecule has 0 saturated carbocycles. The molecule has 1 N–H and O–H groups in total. The zero-order chi connectivity index (χ0) is 22.8. The monoisotopic (exact) mass is 463 g/mol. The first-order chi connectivity index (χ1) is 16.1. The van der Waals surface area contributed by atoms with E-state index in [1.807, 2.05) is 19.1 Å². The summed E-state index contributed by atoms with van der Waals surface area (Å²) in [6.45, 7) is 6.86. The fourth-order valence-corrected chi connectivity index (χ4v) is 5.27. The number of hydrogen-bond donors (Lipinski definition) is 1. The Morgan fingerprint density at radius 3 is 2.73 bits per heavy atom. The van der Waals surface area contributed by atoms with Gasteiger partial charge in [0.1, 0.15) is 0 Å². The van der Waals surface area contributed by atoms with E-state index in [1.165, 1.54) is 29.3 Å². The minimum Gasteiger partial charge on any atom is -0.378 e. The molecule has 8 heteroatoms. The van der Waals surface area contributed by atoms with Crippen LogP contribution in [0.2, 0.25) is 0 Å². The van der Waals surface area contributed by atoms with Gasteiger partial charge >= 0.3 is 0 Å². The Kier molecular flexibility index (Phi) is 6.37. The Labute approximate surface area is 198 Å². The van der Waals surface area contributed by atoms with Crippen LogP contribution in [0.1, 0.15) is 30.0 Å². The molecule has 7 nitrogen and oxygen atoms in total. The van der Waals surface area contributed by atoms with Gasteiger partial charge in [-0.25, -0.2) is 0 Å². The summed E-state index contributed by atoms with van der Waals surface area (Å²) in [5.41, 5.74) is 5.77. The summed E-state index contributed by atoms with van der Waals surface area (Å²) in [6, 6.07) is 14.5. The number of ether oxygens (including phenoxy) is 1. The number of fused-ring (bicyclic) bond motifs is 1. The van der Waals surface area contributed by atoms with E-state index in [2.05, 4.69) is 62.2 Å². The van der Waals surface area contributed by atoms with Crippen LogP contribution in [0.15, 0.2) is 47.6 Å². The third-order valence-electron chi connectivity index (χ3n) is 6.19. The van der Waals surface area contributed by atoms with Crippen LogP contribution in [0.25, 0.3) is 5.69 Å². The number of amides is 1. The molecule has 172 valence electrons. The molecule has 1 aromatic heterocycles. The number of aromatic nitrogens is 3. The van der Waals surface area contributed by atoms with E-state index in [9.17, 15) is 4.79 Å². The molecule has 1 fully saturated rings. The van der Waals surface area contributed by atoms with Crippen molar-refractivity contribution in [3.8, 4) is 5.69 Å². The molecule has 1 aliphatic carbocycles. The number of nitrogens with zero attached hydrogens (tertiary/aromatic N) is 4. The van der Waals surface area contributed by atoms with E-state index < -0.39 is 0 Å². The van der Waals surface area contributed by atoms with Gasteiger partial charge < -0.3 is 15.0 Å². The molecule has 1 unspecified atom stereocenters. The van der Waals surface area contributed by atoms with Gasteiger partial charge in [-0.2, -0.15) is 0 Å². The van der Waals surface area contributed by atoms with E-state index in [0.717, 1.165) is 48.8 Å². The van der Waals surface area contributed by atoms with Gasteiger partial charge in [0.05, 0.1) is 24.2 Å². The molecule has 0 bridgehead atoms. The summed E-state index contributed by atoms with van der Waals surface area (Å²) in [5, 5.41) is 12.5. The lowest BCUT2D eigenvalue weighted by atomic mass is 10.1. The lowest BCUT2D eigenvalue weighted by Gasteiger charge is -2.28. The number of benzene rings is 2. The van der Waals surface area contributed by atoms with Crippen LogP contribution in [0, 0.1) is 6.92 Å². The Bertz CT molecular complexity index is 1160. The van der Waals surface area contributed by atoms with E-state index in [1.54, 1.807) is 0 Å². The molecule has 1 aliphatic heterocycles. The number of carbonyl (C=O) groups excluding carboxylic acids is 1. The minimum absolute atomic E-state index is 0.0374. The third kappa shape index (κ3) is 4.77. The molecule has 2 aromatic carbocycles. The Hall–Kier alpha value is -2.84. The normalized spacial score (nSPS) is 16.5. The van der Waals surface area contributed by atoms with Crippen molar-refractivity contribution in [1.29, 1.82) is 0 Å². The van der Waals surface area contributed by atoms with Gasteiger partial charge in [0.25, 0.3) is 0 Å². The van der Waals surface area contributed by atoms with Crippen LogP contribution < -0.4 is 10.2 Å². The maximum atomic E-state index is 13.0. The largest absolute Gasteiger partial charge is 0.378 e. The van der Waals surface area contributed by atoms with E-state index in [4.69, 9.17) is 4.74 Å². The summed E-state index contributed by atoms with van der Waals surface area (Å²) in [5.74, 6) is 0.752. The van der Waals surface area contributed by atoms with Crippen LogP contribution >= 0.6 is 11.8 Å². The van der Waals surface area contributed by atoms with Crippen LogP contribution in [-0.2, 0) is 22.4 Å². The number of nitrogens with one attached hydrogen (secondary N) is 1. The van der Waals surface area contributed by atoms with E-state index >= 15 is 0 Å². The smallest absolute Gasteiger partial charge is 0.237 e. The molecule has 2 aliphatic rings. The minimum atomic E-state index is -0.330. The standard InChI is InChI=1S/C25H29N5O2S/c1-17-5-3-8-22(15-17)30-24(29-11-13-32-14-12-29)27-28-25(30)33-18(2)23(31)26-21-10-9-19-6-4-7-20(19)16-21/h3,5,8-10,15-16,18H,4,6-7,11-14H2,1-2H3,(H,26,31). The summed E-state index contributed by atoms with van der Waals surface area (Å²) in [6.07, 6.45) is 3.42. The lowest BCUT2D eigenvalue weighted by Crippen LogP contribution is -2.38. The average molecular weight is 464 g/mol. The maximum absolute atomic E-state index is 13.0. The predicted octanol–water partition coefficient (Wildman–Crippen LogP) is 4.02. The summed E-state index contributed by atoms with van der Waals surface area (Å²) in [7, 11) is 0. The first-order valence-corrected chi connectivity index (χ1v) is 12.4. The molecule has 0 radical (unpaired) electrons. The number of hydrogen-bond acceptors (Lipinski definition) is 6. The highest BCUT2D eigenvalue weighted by Gasteiger charge is 2.25. The topological polar surface area (TPSA) is 72.3 Å². The highest BCUT2D eigenvalue weighted by atomic mass is 32.2. The average Bonchev–Trinajstić information content (AvgIpc) is 3.46. The van der Waals surface area contributed by atoms with Crippen LogP contribution in [0.3, 0.4) is 0 Å². The molecule has 3 aromatic rings. The molecule has 1 saturated heterocycles. The third-order valence-corrected chi connectivity index (χ3v) is 7.23. The molecule has 0 spiro atoms. The van der Waals surface area contributed by atoms with Crippen molar-refractivity contribution in [1.82, 2.24) is 14.8 Å². The van der Waals surface area contributed by atoms with Gasteiger partial charge in [-0.3, -0.25) is 9.36 Å². The second-order valence-corrected chi connectivity index (χ2v) is 9.95. The van der Waals surface area contributed by atoms with Gasteiger partial charge in [-0.15, -0.1) is 10.2 Å². The number of anilines is 2. The Balaban J connectivity index is 1.38. The zero-order valence-electron chi connectivity index (χ0n) is 19.1. The fourth-order valence-electron chi connectivity index (χ4n) is 4.40. The molecular formula is C25H29N5O2S. The Morgan fingerprint density at radius 2 is 1.91 bits per heavy atom. The van der Waals surface area contributed by atoms with Gasteiger partial charge in [-0.1, -0.05) is 30.0 Å². The van der Waals surface area contributed by atoms with E-state index in [-0.39, 0.29) is 11.2 Å². The highest BCUT2D eigenvalue weighted by molar-refractivity contribution is 8.00.